The number of aliphatic hydroxyl groups excluding tert-OH is 1. The molecule has 0 aliphatic rings. The number of benzene rings is 1. The van der Waals surface area contributed by atoms with Crippen molar-refractivity contribution in [2.75, 3.05) is 0 Å². The molecule has 0 amide bonds. The minimum absolute atomic E-state index is 0.416. The van der Waals surface area contributed by atoms with Gasteiger partial charge in [-0.1, -0.05) is 30.3 Å². The van der Waals surface area contributed by atoms with Gasteiger partial charge in [-0.05, 0) is 16.0 Å². The molecule has 6 nitrogen and oxygen atoms in total. The van der Waals surface area contributed by atoms with Crippen LogP contribution in [0.4, 0.5) is 0 Å². The van der Waals surface area contributed by atoms with Gasteiger partial charge < -0.3 is 5.11 Å². The summed E-state index contributed by atoms with van der Waals surface area (Å²) < 4.78 is 1.58. The molecule has 0 saturated heterocycles. The maximum Gasteiger partial charge on any atom is 0.197 e. The number of nitrogens with zero attached hydrogens (tertiary/aromatic N) is 5. The number of hydrogen-bond acceptors (Lipinski definition) is 5. The first kappa shape index (κ1) is 10.8. The molecule has 0 fully saturated rings. The molecule has 90 valence electrons. The number of tetrazole rings is 1. The van der Waals surface area contributed by atoms with E-state index in [-0.39, 0.29) is 0 Å². The summed E-state index contributed by atoms with van der Waals surface area (Å²) in [5.41, 5.74) is 2.21. The molecule has 3 aromatic rings. The Labute approximate surface area is 103 Å². The van der Waals surface area contributed by atoms with Crippen molar-refractivity contribution in [3.05, 3.63) is 54.0 Å². The summed E-state index contributed by atoms with van der Waals surface area (Å²) in [4.78, 5) is 4.06. The number of fused-ring (bicyclic) bond motifs is 1. The van der Waals surface area contributed by atoms with Crippen molar-refractivity contribution in [2.24, 2.45) is 0 Å². The Morgan fingerprint density at radius 2 is 2.00 bits per heavy atom. The van der Waals surface area contributed by atoms with Gasteiger partial charge in [0.05, 0.1) is 18.0 Å². The van der Waals surface area contributed by atoms with Crippen LogP contribution in [0.5, 0.6) is 0 Å². The molecule has 1 aromatic carbocycles. The second-order valence-corrected chi connectivity index (χ2v) is 3.98. The van der Waals surface area contributed by atoms with Gasteiger partial charge in [0.1, 0.15) is 0 Å². The van der Waals surface area contributed by atoms with Crippen molar-refractivity contribution in [3.8, 4) is 0 Å². The van der Waals surface area contributed by atoms with Crippen LogP contribution >= 0.6 is 0 Å². The van der Waals surface area contributed by atoms with E-state index >= 15 is 0 Å². The highest BCUT2D eigenvalue weighted by atomic mass is 16.3. The lowest BCUT2D eigenvalue weighted by Gasteiger charge is -2.10. The van der Waals surface area contributed by atoms with Crippen LogP contribution in [-0.4, -0.2) is 30.1 Å². The highest BCUT2D eigenvalue weighted by Crippen LogP contribution is 2.17. The smallest absolute Gasteiger partial charge is 0.197 e. The lowest BCUT2D eigenvalue weighted by Crippen LogP contribution is -2.07. The van der Waals surface area contributed by atoms with E-state index in [1.807, 2.05) is 30.3 Å². The predicted octanol–water partition coefficient (Wildman–Crippen LogP) is 0.795. The zero-order valence-corrected chi connectivity index (χ0v) is 9.51. The summed E-state index contributed by atoms with van der Waals surface area (Å²) in [7, 11) is 0. The third kappa shape index (κ3) is 1.93. The average molecular weight is 241 g/mol. The van der Waals surface area contributed by atoms with Gasteiger partial charge >= 0.3 is 0 Å². The Kier molecular flexibility index (Phi) is 2.70. The summed E-state index contributed by atoms with van der Waals surface area (Å²) in [6, 6.07) is 9.48. The predicted molar refractivity (Wildman–Crippen MR) is 63.7 cm³/mol. The van der Waals surface area contributed by atoms with Crippen LogP contribution in [0.15, 0.2) is 42.7 Å². The first-order valence-corrected chi connectivity index (χ1v) is 5.58. The largest absolute Gasteiger partial charge is 0.388 e. The van der Waals surface area contributed by atoms with Gasteiger partial charge in [0.2, 0.25) is 0 Å². The first-order valence-electron chi connectivity index (χ1n) is 5.58. The number of rotatable bonds is 3. The quantitative estimate of drug-likeness (QED) is 0.733. The molecule has 2 aromatic heterocycles. The zero-order chi connectivity index (χ0) is 12.4. The Morgan fingerprint density at radius 1 is 1.17 bits per heavy atom. The Balaban J connectivity index is 1.91. The van der Waals surface area contributed by atoms with Gasteiger partial charge in [0.25, 0.3) is 0 Å². The van der Waals surface area contributed by atoms with Crippen LogP contribution in [0.1, 0.15) is 17.4 Å². The Bertz CT molecular complexity index is 652. The van der Waals surface area contributed by atoms with E-state index in [4.69, 9.17) is 0 Å². The minimum Gasteiger partial charge on any atom is -0.388 e. The molecule has 0 radical (unpaired) electrons. The van der Waals surface area contributed by atoms with E-state index < -0.39 is 6.10 Å². The normalized spacial score (nSPS) is 12.7. The average Bonchev–Trinajstić information content (AvgIpc) is 2.89. The Hall–Kier alpha value is -2.34. The van der Waals surface area contributed by atoms with Crippen LogP contribution < -0.4 is 0 Å². The van der Waals surface area contributed by atoms with E-state index in [0.29, 0.717) is 12.1 Å². The SMILES string of the molecule is OC(Cc1cncc2nnnn12)c1ccccc1. The molecule has 0 aliphatic heterocycles. The second-order valence-electron chi connectivity index (χ2n) is 3.98. The molecule has 1 N–H and O–H groups in total. The van der Waals surface area contributed by atoms with Crippen LogP contribution in [0.3, 0.4) is 0 Å². The number of aromatic nitrogens is 5. The zero-order valence-electron chi connectivity index (χ0n) is 9.51. The van der Waals surface area contributed by atoms with Crippen molar-refractivity contribution in [1.82, 2.24) is 25.0 Å². The fraction of sp³-hybridized carbons (Fsp3) is 0.167. The molecular weight excluding hydrogens is 230 g/mol. The molecule has 2 heterocycles. The van der Waals surface area contributed by atoms with Gasteiger partial charge in [-0.3, -0.25) is 4.98 Å². The van der Waals surface area contributed by atoms with Crippen LogP contribution in [0.25, 0.3) is 5.65 Å². The van der Waals surface area contributed by atoms with E-state index in [2.05, 4.69) is 20.5 Å². The summed E-state index contributed by atoms with van der Waals surface area (Å²) in [6.07, 6.45) is 3.07. The lowest BCUT2D eigenvalue weighted by molar-refractivity contribution is 0.176. The third-order valence-electron chi connectivity index (χ3n) is 2.77. The molecule has 1 atom stereocenters. The van der Waals surface area contributed by atoms with Gasteiger partial charge in [-0.2, -0.15) is 4.52 Å². The van der Waals surface area contributed by atoms with Crippen molar-refractivity contribution < 1.29 is 5.11 Å². The van der Waals surface area contributed by atoms with E-state index in [1.54, 1.807) is 16.9 Å². The topological polar surface area (TPSA) is 76.2 Å². The monoisotopic (exact) mass is 241 g/mol. The van der Waals surface area contributed by atoms with Crippen molar-refractivity contribution in [1.29, 1.82) is 0 Å². The summed E-state index contributed by atoms with van der Waals surface area (Å²) in [6.45, 7) is 0. The van der Waals surface area contributed by atoms with E-state index in [9.17, 15) is 5.11 Å². The third-order valence-corrected chi connectivity index (χ3v) is 2.77. The standard InChI is InChI=1S/C12H11N5O/c18-11(9-4-2-1-3-5-9)6-10-7-13-8-12-14-15-16-17(10)12/h1-5,7-8,11,18H,6H2. The van der Waals surface area contributed by atoms with Gasteiger partial charge in [-0.15, -0.1) is 5.10 Å². The summed E-state index contributed by atoms with van der Waals surface area (Å²) in [5, 5.41) is 21.4. The molecule has 0 aliphatic carbocycles. The maximum atomic E-state index is 10.2. The highest BCUT2D eigenvalue weighted by Gasteiger charge is 2.12. The summed E-state index contributed by atoms with van der Waals surface area (Å²) >= 11 is 0. The first-order chi connectivity index (χ1) is 8.84. The molecule has 6 heteroatoms. The Morgan fingerprint density at radius 3 is 2.83 bits per heavy atom. The number of aliphatic hydroxyl groups is 1. The molecule has 18 heavy (non-hydrogen) atoms. The van der Waals surface area contributed by atoms with Crippen molar-refractivity contribution in [2.45, 2.75) is 12.5 Å². The van der Waals surface area contributed by atoms with Crippen LogP contribution in [-0.2, 0) is 6.42 Å². The molecule has 0 spiro atoms. The van der Waals surface area contributed by atoms with Crippen LogP contribution in [0, 0.1) is 0 Å². The van der Waals surface area contributed by atoms with Gasteiger partial charge in [-0.25, -0.2) is 0 Å². The van der Waals surface area contributed by atoms with E-state index in [0.717, 1.165) is 11.3 Å². The highest BCUT2D eigenvalue weighted by molar-refractivity contribution is 5.32. The maximum absolute atomic E-state index is 10.2. The lowest BCUT2D eigenvalue weighted by atomic mass is 10.1. The molecule has 0 saturated carbocycles. The van der Waals surface area contributed by atoms with Gasteiger partial charge in [0, 0.05) is 12.6 Å². The fourth-order valence-corrected chi connectivity index (χ4v) is 1.85. The van der Waals surface area contributed by atoms with Crippen LogP contribution in [0.2, 0.25) is 0 Å². The van der Waals surface area contributed by atoms with Gasteiger partial charge in [0.15, 0.2) is 5.65 Å². The molecule has 3 rings (SSSR count). The van der Waals surface area contributed by atoms with E-state index in [1.165, 1.54) is 0 Å². The second kappa shape index (κ2) is 4.50. The fourth-order valence-electron chi connectivity index (χ4n) is 1.85. The minimum atomic E-state index is -0.595. The molecule has 1 unspecified atom stereocenters. The number of hydrogen-bond donors (Lipinski definition) is 1. The van der Waals surface area contributed by atoms with Crippen molar-refractivity contribution in [3.63, 3.8) is 0 Å². The molecule has 0 bridgehead atoms. The van der Waals surface area contributed by atoms with Crippen molar-refractivity contribution >= 4 is 5.65 Å². The molecular formula is C12H11N5O. The summed E-state index contributed by atoms with van der Waals surface area (Å²) in [5.74, 6) is 0.